The molecule has 1 saturated heterocycles. The number of carbonyl (C=O) groups is 1. The summed E-state index contributed by atoms with van der Waals surface area (Å²) in [6, 6.07) is 6.47. The zero-order valence-electron chi connectivity index (χ0n) is 14.2. The first kappa shape index (κ1) is 21.9. The summed E-state index contributed by atoms with van der Waals surface area (Å²) in [4.78, 5) is 14.7. The van der Waals surface area contributed by atoms with Crippen LogP contribution in [0.25, 0.3) is 0 Å². The van der Waals surface area contributed by atoms with Gasteiger partial charge in [-0.15, -0.1) is 24.8 Å². The average Bonchev–Trinajstić information content (AvgIpc) is 3.04. The number of nitrogens with zero attached hydrogens (tertiary/aromatic N) is 1. The molecular formula is C18H26Cl2FN3O. The Morgan fingerprint density at radius 2 is 2.04 bits per heavy atom. The van der Waals surface area contributed by atoms with E-state index in [1.165, 1.54) is 17.7 Å². The van der Waals surface area contributed by atoms with Crippen molar-refractivity contribution < 1.29 is 9.18 Å². The van der Waals surface area contributed by atoms with Crippen molar-refractivity contribution in [1.29, 1.82) is 0 Å². The van der Waals surface area contributed by atoms with Crippen LogP contribution in [0.1, 0.15) is 24.8 Å². The molecule has 2 N–H and O–H groups in total. The van der Waals surface area contributed by atoms with Crippen LogP contribution in [0.3, 0.4) is 0 Å². The third kappa shape index (κ3) is 6.26. The molecule has 0 saturated carbocycles. The molecule has 1 unspecified atom stereocenters. The lowest BCUT2D eigenvalue weighted by Crippen LogP contribution is -2.43. The Morgan fingerprint density at radius 1 is 1.28 bits per heavy atom. The molecule has 0 aromatic heterocycles. The Kier molecular flexibility index (Phi) is 9.43. The molecule has 2 aliphatic rings. The maximum absolute atomic E-state index is 13.0. The summed E-state index contributed by atoms with van der Waals surface area (Å²) < 4.78 is 13.0. The van der Waals surface area contributed by atoms with Crippen LogP contribution in [0.5, 0.6) is 0 Å². The first-order valence-corrected chi connectivity index (χ1v) is 8.37. The first-order valence-electron chi connectivity index (χ1n) is 8.37. The van der Waals surface area contributed by atoms with Gasteiger partial charge in [-0.25, -0.2) is 4.39 Å². The molecule has 1 amide bonds. The van der Waals surface area contributed by atoms with E-state index >= 15 is 0 Å². The SMILES string of the molecule is Cl.Cl.O=C(NCC1=CCNCC1)C1CCCN1Cc1ccc(F)cc1. The number of amides is 1. The van der Waals surface area contributed by atoms with Gasteiger partial charge in [-0.3, -0.25) is 9.69 Å². The lowest BCUT2D eigenvalue weighted by Gasteiger charge is -2.24. The molecule has 0 radical (unpaired) electrons. The van der Waals surface area contributed by atoms with Crippen LogP contribution in [0.15, 0.2) is 35.9 Å². The van der Waals surface area contributed by atoms with E-state index in [9.17, 15) is 9.18 Å². The first-order chi connectivity index (χ1) is 11.2. The zero-order valence-corrected chi connectivity index (χ0v) is 15.8. The van der Waals surface area contributed by atoms with E-state index in [1.54, 1.807) is 12.1 Å². The van der Waals surface area contributed by atoms with Gasteiger partial charge in [-0.1, -0.05) is 23.8 Å². The highest BCUT2D eigenvalue weighted by Gasteiger charge is 2.30. The predicted octanol–water partition coefficient (Wildman–Crippen LogP) is 2.67. The second-order valence-corrected chi connectivity index (χ2v) is 6.29. The molecule has 0 aliphatic carbocycles. The second kappa shape index (κ2) is 10.8. The molecule has 140 valence electrons. The Balaban J connectivity index is 0.00000156. The topological polar surface area (TPSA) is 44.4 Å². The number of carbonyl (C=O) groups excluding carboxylic acids is 1. The molecule has 1 fully saturated rings. The maximum atomic E-state index is 13.0. The molecule has 1 aromatic carbocycles. The Bertz CT molecular complexity index is 580. The average molecular weight is 390 g/mol. The summed E-state index contributed by atoms with van der Waals surface area (Å²) in [6.07, 6.45) is 5.10. The van der Waals surface area contributed by atoms with Crippen molar-refractivity contribution in [1.82, 2.24) is 15.5 Å². The van der Waals surface area contributed by atoms with Crippen molar-refractivity contribution in [3.05, 3.63) is 47.3 Å². The molecule has 7 heteroatoms. The molecule has 25 heavy (non-hydrogen) atoms. The Labute approximate surface area is 161 Å². The van der Waals surface area contributed by atoms with E-state index in [0.29, 0.717) is 13.1 Å². The monoisotopic (exact) mass is 389 g/mol. The summed E-state index contributed by atoms with van der Waals surface area (Å²) in [5.74, 6) is -0.108. The van der Waals surface area contributed by atoms with Gasteiger partial charge < -0.3 is 10.6 Å². The summed E-state index contributed by atoms with van der Waals surface area (Å²) in [7, 11) is 0. The lowest BCUT2D eigenvalue weighted by molar-refractivity contribution is -0.125. The fourth-order valence-electron chi connectivity index (χ4n) is 3.29. The van der Waals surface area contributed by atoms with Crippen LogP contribution in [0, 0.1) is 5.82 Å². The number of hydrogen-bond acceptors (Lipinski definition) is 3. The van der Waals surface area contributed by atoms with Crippen LogP contribution in [0.2, 0.25) is 0 Å². The summed E-state index contributed by atoms with van der Waals surface area (Å²) >= 11 is 0. The van der Waals surface area contributed by atoms with Crippen molar-refractivity contribution in [3.8, 4) is 0 Å². The molecule has 1 aromatic rings. The standard InChI is InChI=1S/C18H24FN3O.2ClH/c19-16-5-3-15(4-6-16)13-22-11-1-2-17(22)18(23)21-12-14-7-9-20-10-8-14;;/h3-7,17,20H,1-2,8-13H2,(H,21,23);2*1H. The van der Waals surface area contributed by atoms with Crippen molar-refractivity contribution in [2.75, 3.05) is 26.2 Å². The van der Waals surface area contributed by atoms with Crippen molar-refractivity contribution in [3.63, 3.8) is 0 Å². The van der Waals surface area contributed by atoms with E-state index < -0.39 is 0 Å². The number of nitrogens with one attached hydrogen (secondary N) is 2. The van der Waals surface area contributed by atoms with Gasteiger partial charge in [0.2, 0.25) is 5.91 Å². The summed E-state index contributed by atoms with van der Waals surface area (Å²) in [6.45, 7) is 4.15. The molecule has 0 bridgehead atoms. The van der Waals surface area contributed by atoms with Gasteiger partial charge in [-0.2, -0.15) is 0 Å². The fourth-order valence-corrected chi connectivity index (χ4v) is 3.29. The normalized spacial score (nSPS) is 20.2. The largest absolute Gasteiger partial charge is 0.351 e. The second-order valence-electron chi connectivity index (χ2n) is 6.29. The molecule has 1 atom stereocenters. The van der Waals surface area contributed by atoms with Gasteiger partial charge in [0.25, 0.3) is 0 Å². The van der Waals surface area contributed by atoms with Gasteiger partial charge >= 0.3 is 0 Å². The Hall–Kier alpha value is -1.14. The van der Waals surface area contributed by atoms with E-state index in [4.69, 9.17) is 0 Å². The number of hydrogen-bond donors (Lipinski definition) is 2. The van der Waals surface area contributed by atoms with Gasteiger partial charge in [0.05, 0.1) is 6.04 Å². The van der Waals surface area contributed by atoms with Crippen LogP contribution < -0.4 is 10.6 Å². The number of benzene rings is 1. The Morgan fingerprint density at radius 3 is 2.72 bits per heavy atom. The molecule has 2 aliphatic heterocycles. The van der Waals surface area contributed by atoms with Gasteiger partial charge in [0, 0.05) is 19.6 Å². The van der Waals surface area contributed by atoms with Crippen molar-refractivity contribution >= 4 is 30.7 Å². The van der Waals surface area contributed by atoms with E-state index in [0.717, 1.165) is 44.5 Å². The van der Waals surface area contributed by atoms with Gasteiger partial charge in [0.15, 0.2) is 0 Å². The van der Waals surface area contributed by atoms with E-state index in [1.807, 2.05) is 0 Å². The number of halogens is 3. The third-order valence-electron chi connectivity index (χ3n) is 4.61. The highest BCUT2D eigenvalue weighted by molar-refractivity contribution is 5.85. The van der Waals surface area contributed by atoms with E-state index in [-0.39, 0.29) is 42.6 Å². The van der Waals surface area contributed by atoms with Crippen molar-refractivity contribution in [2.24, 2.45) is 0 Å². The van der Waals surface area contributed by atoms with Crippen molar-refractivity contribution in [2.45, 2.75) is 31.8 Å². The van der Waals surface area contributed by atoms with Gasteiger partial charge in [0.1, 0.15) is 5.82 Å². The number of likely N-dealkylation sites (tertiary alicyclic amines) is 1. The quantitative estimate of drug-likeness (QED) is 0.760. The lowest BCUT2D eigenvalue weighted by atomic mass is 10.1. The predicted molar refractivity (Wildman–Crippen MR) is 103 cm³/mol. The van der Waals surface area contributed by atoms with E-state index in [2.05, 4.69) is 21.6 Å². The number of rotatable bonds is 5. The maximum Gasteiger partial charge on any atom is 0.237 e. The summed E-state index contributed by atoms with van der Waals surface area (Å²) in [5.41, 5.74) is 2.35. The van der Waals surface area contributed by atoms with Crippen LogP contribution in [-0.2, 0) is 11.3 Å². The molecule has 0 spiro atoms. The fraction of sp³-hybridized carbons (Fsp3) is 0.500. The molecule has 4 nitrogen and oxygen atoms in total. The highest BCUT2D eigenvalue weighted by Crippen LogP contribution is 2.20. The molecular weight excluding hydrogens is 364 g/mol. The summed E-state index contributed by atoms with van der Waals surface area (Å²) in [5, 5.41) is 6.35. The molecule has 3 rings (SSSR count). The highest BCUT2D eigenvalue weighted by atomic mass is 35.5. The minimum atomic E-state index is -0.222. The van der Waals surface area contributed by atoms with Gasteiger partial charge in [-0.05, 0) is 50.0 Å². The third-order valence-corrected chi connectivity index (χ3v) is 4.61. The smallest absolute Gasteiger partial charge is 0.237 e. The van der Waals surface area contributed by atoms with Crippen LogP contribution >= 0.6 is 24.8 Å². The zero-order chi connectivity index (χ0) is 16.1. The minimum Gasteiger partial charge on any atom is -0.351 e. The molecule has 2 heterocycles. The minimum absolute atomic E-state index is 0. The van der Waals surface area contributed by atoms with Crippen LogP contribution in [0.4, 0.5) is 4.39 Å². The van der Waals surface area contributed by atoms with Crippen LogP contribution in [-0.4, -0.2) is 43.0 Å².